The standard InChI is InChI=1S/C10H8F2N4/c11-10(12)9-8(4-15)7(3-14)6(1-2-13)5-16-9/h5,10H,1,4,15H2. The van der Waals surface area contributed by atoms with Crippen LogP contribution in [0.2, 0.25) is 0 Å². The lowest BCUT2D eigenvalue weighted by molar-refractivity contribution is 0.144. The lowest BCUT2D eigenvalue weighted by Crippen LogP contribution is -2.09. The van der Waals surface area contributed by atoms with Crippen LogP contribution in [0.4, 0.5) is 8.78 Å². The quantitative estimate of drug-likeness (QED) is 0.837. The van der Waals surface area contributed by atoms with Gasteiger partial charge in [-0.1, -0.05) is 0 Å². The second kappa shape index (κ2) is 5.15. The number of nitrogens with zero attached hydrogens (tertiary/aromatic N) is 3. The summed E-state index contributed by atoms with van der Waals surface area (Å²) in [5.74, 6) is 0. The summed E-state index contributed by atoms with van der Waals surface area (Å²) in [7, 11) is 0. The van der Waals surface area contributed by atoms with Crippen LogP contribution in [0, 0.1) is 22.7 Å². The number of hydrogen-bond acceptors (Lipinski definition) is 4. The minimum atomic E-state index is -2.78. The van der Waals surface area contributed by atoms with Crippen LogP contribution in [0.5, 0.6) is 0 Å². The van der Waals surface area contributed by atoms with Crippen molar-refractivity contribution in [1.29, 1.82) is 10.5 Å². The number of halogens is 2. The molecule has 0 spiro atoms. The Morgan fingerprint density at radius 3 is 2.56 bits per heavy atom. The zero-order valence-electron chi connectivity index (χ0n) is 8.24. The first-order valence-corrected chi connectivity index (χ1v) is 4.41. The van der Waals surface area contributed by atoms with E-state index in [-0.39, 0.29) is 24.1 Å². The Bertz CT molecular complexity index is 471. The first kappa shape index (κ1) is 12.0. The van der Waals surface area contributed by atoms with Gasteiger partial charge in [-0.25, -0.2) is 8.78 Å². The van der Waals surface area contributed by atoms with Gasteiger partial charge in [-0.2, -0.15) is 10.5 Å². The Kier molecular flexibility index (Phi) is 3.87. The molecule has 0 amide bonds. The third-order valence-electron chi connectivity index (χ3n) is 2.08. The van der Waals surface area contributed by atoms with Gasteiger partial charge in [0.2, 0.25) is 0 Å². The van der Waals surface area contributed by atoms with E-state index in [0.717, 1.165) is 6.20 Å². The number of nitriles is 2. The van der Waals surface area contributed by atoms with Crippen molar-refractivity contribution in [2.75, 3.05) is 0 Å². The van der Waals surface area contributed by atoms with E-state index >= 15 is 0 Å². The van der Waals surface area contributed by atoms with Gasteiger partial charge in [0.1, 0.15) is 5.69 Å². The molecule has 82 valence electrons. The van der Waals surface area contributed by atoms with E-state index in [4.69, 9.17) is 16.3 Å². The molecule has 1 heterocycles. The van der Waals surface area contributed by atoms with E-state index < -0.39 is 12.1 Å². The molecule has 0 unspecified atom stereocenters. The van der Waals surface area contributed by atoms with E-state index in [1.165, 1.54) is 0 Å². The Balaban J connectivity index is 3.42. The maximum Gasteiger partial charge on any atom is 0.280 e. The summed E-state index contributed by atoms with van der Waals surface area (Å²) in [6, 6.07) is 3.63. The van der Waals surface area contributed by atoms with Crippen LogP contribution in [0.1, 0.15) is 28.8 Å². The highest BCUT2D eigenvalue weighted by Crippen LogP contribution is 2.25. The zero-order chi connectivity index (χ0) is 12.1. The lowest BCUT2D eigenvalue weighted by atomic mass is 10.0. The molecule has 0 saturated heterocycles. The van der Waals surface area contributed by atoms with E-state index in [9.17, 15) is 8.78 Å². The smallest absolute Gasteiger partial charge is 0.280 e. The minimum Gasteiger partial charge on any atom is -0.326 e. The highest BCUT2D eigenvalue weighted by atomic mass is 19.3. The Morgan fingerprint density at radius 2 is 2.12 bits per heavy atom. The number of rotatable bonds is 3. The lowest BCUT2D eigenvalue weighted by Gasteiger charge is -2.10. The van der Waals surface area contributed by atoms with Gasteiger partial charge >= 0.3 is 0 Å². The largest absolute Gasteiger partial charge is 0.326 e. The molecule has 1 aromatic rings. The molecule has 0 radical (unpaired) electrons. The minimum absolute atomic E-state index is 0.0188. The van der Waals surface area contributed by atoms with Gasteiger partial charge in [0, 0.05) is 23.9 Å². The summed E-state index contributed by atoms with van der Waals surface area (Å²) in [6.45, 7) is -0.200. The normalized spacial score (nSPS) is 9.88. The second-order valence-corrected chi connectivity index (χ2v) is 2.97. The van der Waals surface area contributed by atoms with E-state index in [0.29, 0.717) is 5.56 Å². The van der Waals surface area contributed by atoms with Gasteiger partial charge in [0.15, 0.2) is 0 Å². The van der Waals surface area contributed by atoms with Crippen LogP contribution < -0.4 is 5.73 Å². The monoisotopic (exact) mass is 222 g/mol. The molecule has 0 aliphatic rings. The van der Waals surface area contributed by atoms with Crippen LogP contribution in [0.25, 0.3) is 0 Å². The van der Waals surface area contributed by atoms with Crippen molar-refractivity contribution < 1.29 is 8.78 Å². The first-order chi connectivity index (χ1) is 7.65. The fourth-order valence-corrected chi connectivity index (χ4v) is 1.36. The van der Waals surface area contributed by atoms with E-state index in [1.807, 2.05) is 6.07 Å². The molecular formula is C10H8F2N4. The maximum atomic E-state index is 12.6. The predicted molar refractivity (Wildman–Crippen MR) is 51.1 cm³/mol. The van der Waals surface area contributed by atoms with Gasteiger partial charge in [-0.15, -0.1) is 0 Å². The van der Waals surface area contributed by atoms with Crippen LogP contribution in [-0.2, 0) is 13.0 Å². The Morgan fingerprint density at radius 1 is 1.44 bits per heavy atom. The van der Waals surface area contributed by atoms with Crippen LogP contribution in [0.3, 0.4) is 0 Å². The number of pyridine rings is 1. The molecule has 0 atom stereocenters. The van der Waals surface area contributed by atoms with E-state index in [1.54, 1.807) is 6.07 Å². The average Bonchev–Trinajstić information content (AvgIpc) is 2.28. The molecule has 0 aliphatic heterocycles. The second-order valence-electron chi connectivity index (χ2n) is 2.97. The molecule has 6 heteroatoms. The SMILES string of the molecule is N#CCc1cnc(C(F)F)c(CN)c1C#N. The summed E-state index contributed by atoms with van der Waals surface area (Å²) >= 11 is 0. The van der Waals surface area contributed by atoms with Crippen molar-refractivity contribution in [2.24, 2.45) is 5.73 Å². The van der Waals surface area contributed by atoms with E-state index in [2.05, 4.69) is 4.98 Å². The topological polar surface area (TPSA) is 86.5 Å². The molecular weight excluding hydrogens is 214 g/mol. The summed E-state index contributed by atoms with van der Waals surface area (Å²) in [5.41, 5.74) is 5.22. The zero-order valence-corrected chi connectivity index (χ0v) is 8.24. The fraction of sp³-hybridized carbons (Fsp3) is 0.300. The van der Waals surface area contributed by atoms with Gasteiger partial charge < -0.3 is 5.73 Å². The van der Waals surface area contributed by atoms with Gasteiger partial charge in [0.05, 0.1) is 24.1 Å². The molecule has 16 heavy (non-hydrogen) atoms. The Hall–Kier alpha value is -2.05. The summed E-state index contributed by atoms with van der Waals surface area (Å²) in [5, 5.41) is 17.4. The number of nitrogens with two attached hydrogens (primary N) is 1. The summed E-state index contributed by atoms with van der Waals surface area (Å²) in [4.78, 5) is 3.54. The molecule has 2 N–H and O–H groups in total. The van der Waals surface area contributed by atoms with Gasteiger partial charge in [-0.3, -0.25) is 4.98 Å². The number of aromatic nitrogens is 1. The first-order valence-electron chi connectivity index (χ1n) is 4.41. The molecule has 0 aromatic carbocycles. The van der Waals surface area contributed by atoms with Crippen molar-refractivity contribution >= 4 is 0 Å². The van der Waals surface area contributed by atoms with Crippen molar-refractivity contribution in [3.63, 3.8) is 0 Å². The van der Waals surface area contributed by atoms with Crippen LogP contribution in [-0.4, -0.2) is 4.98 Å². The molecule has 0 aliphatic carbocycles. The fourth-order valence-electron chi connectivity index (χ4n) is 1.36. The molecule has 0 fully saturated rings. The molecule has 1 aromatic heterocycles. The Labute approximate surface area is 90.9 Å². The number of hydrogen-bond donors (Lipinski definition) is 1. The van der Waals surface area contributed by atoms with Crippen LogP contribution >= 0.6 is 0 Å². The van der Waals surface area contributed by atoms with Crippen molar-refractivity contribution in [2.45, 2.75) is 19.4 Å². The number of alkyl halides is 2. The van der Waals surface area contributed by atoms with Crippen molar-refractivity contribution in [1.82, 2.24) is 4.98 Å². The molecule has 0 bridgehead atoms. The van der Waals surface area contributed by atoms with Crippen molar-refractivity contribution in [3.8, 4) is 12.1 Å². The summed E-state index contributed by atoms with van der Waals surface area (Å²) < 4.78 is 25.1. The predicted octanol–water partition coefficient (Wildman–Crippen LogP) is 1.42. The highest BCUT2D eigenvalue weighted by molar-refractivity contribution is 5.46. The maximum absolute atomic E-state index is 12.6. The highest BCUT2D eigenvalue weighted by Gasteiger charge is 2.19. The molecule has 1 rings (SSSR count). The molecule has 0 saturated carbocycles. The third-order valence-corrected chi connectivity index (χ3v) is 2.08. The van der Waals surface area contributed by atoms with Gasteiger partial charge in [-0.05, 0) is 0 Å². The molecule has 4 nitrogen and oxygen atoms in total. The van der Waals surface area contributed by atoms with Crippen LogP contribution in [0.15, 0.2) is 6.20 Å². The summed E-state index contributed by atoms with van der Waals surface area (Å²) in [6.07, 6.45) is -1.70. The third kappa shape index (κ3) is 2.13. The van der Waals surface area contributed by atoms with Gasteiger partial charge in [0.25, 0.3) is 6.43 Å². The average molecular weight is 222 g/mol. The van der Waals surface area contributed by atoms with Crippen molar-refractivity contribution in [3.05, 3.63) is 28.6 Å².